The van der Waals surface area contributed by atoms with E-state index < -0.39 is 22.2 Å². The van der Waals surface area contributed by atoms with Crippen LogP contribution in [0.1, 0.15) is 6.42 Å². The molecular formula is C11H18N4O5S. The molecule has 21 heavy (non-hydrogen) atoms. The van der Waals surface area contributed by atoms with E-state index in [1.54, 1.807) is 4.90 Å². The van der Waals surface area contributed by atoms with E-state index >= 15 is 0 Å². The number of amides is 3. The lowest BCUT2D eigenvalue weighted by atomic mass is 10.1. The Balaban J connectivity index is 2.22. The van der Waals surface area contributed by atoms with Crippen LogP contribution in [0, 0.1) is 0 Å². The van der Waals surface area contributed by atoms with Crippen molar-refractivity contribution >= 4 is 27.2 Å². The summed E-state index contributed by atoms with van der Waals surface area (Å²) in [7, 11) is -2.61. The summed E-state index contributed by atoms with van der Waals surface area (Å²) < 4.78 is 28.1. The first kappa shape index (κ1) is 15.7. The van der Waals surface area contributed by atoms with Crippen LogP contribution >= 0.6 is 0 Å². The van der Waals surface area contributed by atoms with Gasteiger partial charge in [-0.05, 0) is 0 Å². The zero-order valence-corrected chi connectivity index (χ0v) is 12.3. The van der Waals surface area contributed by atoms with Crippen LogP contribution < -0.4 is 11.1 Å². The lowest BCUT2D eigenvalue weighted by molar-refractivity contribution is -0.118. The number of nitrogens with two attached hydrogens (primary N) is 1. The molecule has 3 amide bonds. The Kier molecular flexibility index (Phi) is 5.15. The summed E-state index contributed by atoms with van der Waals surface area (Å²) in [4.78, 5) is 26.1. The zero-order valence-electron chi connectivity index (χ0n) is 11.4. The first-order chi connectivity index (χ1) is 10.0. The molecule has 0 aromatic rings. The molecule has 9 nitrogen and oxygen atoms in total. The average molecular weight is 318 g/mol. The lowest BCUT2D eigenvalue weighted by Gasteiger charge is -2.37. The molecule has 0 radical (unpaired) electrons. The summed E-state index contributed by atoms with van der Waals surface area (Å²) in [6, 6.07) is -1.15. The van der Waals surface area contributed by atoms with E-state index in [-0.39, 0.29) is 24.0 Å². The van der Waals surface area contributed by atoms with Crippen molar-refractivity contribution < 1.29 is 22.7 Å². The van der Waals surface area contributed by atoms with Crippen molar-refractivity contribution in [2.45, 2.75) is 12.5 Å². The maximum atomic E-state index is 12.5. The Morgan fingerprint density at radius 2 is 1.95 bits per heavy atom. The maximum Gasteiger partial charge on any atom is 0.325 e. The van der Waals surface area contributed by atoms with Crippen LogP contribution in [0.15, 0.2) is 0 Å². The van der Waals surface area contributed by atoms with E-state index in [1.165, 1.54) is 4.90 Å². The summed E-state index contributed by atoms with van der Waals surface area (Å²) in [6.07, 6.45) is -0.170. The Morgan fingerprint density at radius 1 is 1.29 bits per heavy atom. The third-order valence-corrected chi connectivity index (χ3v) is 4.23. The van der Waals surface area contributed by atoms with Crippen LogP contribution in [-0.4, -0.2) is 80.6 Å². The van der Waals surface area contributed by atoms with Gasteiger partial charge in [0.25, 0.3) is 0 Å². The SMILES string of the molecule is NC(=O)C[C@H]1NCCN(C(=O)N2CCOCC2)C1=S(=O)=O. The number of ether oxygens (including phenoxy) is 1. The normalized spacial score (nSPS) is 23.0. The van der Waals surface area contributed by atoms with Gasteiger partial charge in [0, 0.05) is 32.6 Å². The number of carbonyl (C=O) groups is 2. The Hall–Kier alpha value is -1.65. The number of carbonyl (C=O) groups excluding carboxylic acids is 2. The first-order valence-electron chi connectivity index (χ1n) is 6.62. The molecule has 0 unspecified atom stereocenters. The molecule has 0 aromatic heterocycles. The molecule has 2 heterocycles. The minimum absolute atomic E-state index is 0.128. The molecule has 118 valence electrons. The third kappa shape index (κ3) is 3.71. The van der Waals surface area contributed by atoms with Gasteiger partial charge in [-0.15, -0.1) is 0 Å². The van der Waals surface area contributed by atoms with Crippen molar-refractivity contribution in [1.82, 2.24) is 15.1 Å². The number of primary amides is 1. The van der Waals surface area contributed by atoms with E-state index in [2.05, 4.69) is 5.32 Å². The van der Waals surface area contributed by atoms with Gasteiger partial charge in [-0.1, -0.05) is 0 Å². The second kappa shape index (κ2) is 6.87. The van der Waals surface area contributed by atoms with Crippen molar-refractivity contribution in [3.63, 3.8) is 0 Å². The van der Waals surface area contributed by atoms with Crippen LogP contribution in [0.5, 0.6) is 0 Å². The molecule has 3 N–H and O–H groups in total. The van der Waals surface area contributed by atoms with Gasteiger partial charge in [0.1, 0.15) is 0 Å². The molecule has 10 heteroatoms. The lowest BCUT2D eigenvalue weighted by Crippen LogP contribution is -2.61. The van der Waals surface area contributed by atoms with Gasteiger partial charge in [-0.2, -0.15) is 8.42 Å². The monoisotopic (exact) mass is 318 g/mol. The van der Waals surface area contributed by atoms with E-state index in [0.717, 1.165) is 0 Å². The highest BCUT2D eigenvalue weighted by atomic mass is 32.2. The highest BCUT2D eigenvalue weighted by Crippen LogP contribution is 2.11. The van der Waals surface area contributed by atoms with Gasteiger partial charge in [0.15, 0.2) is 4.99 Å². The summed E-state index contributed by atoms with van der Waals surface area (Å²) in [5.74, 6) is -0.629. The molecule has 0 saturated carbocycles. The van der Waals surface area contributed by atoms with Gasteiger partial charge in [-0.3, -0.25) is 9.69 Å². The first-order valence-corrected chi connectivity index (χ1v) is 7.70. The van der Waals surface area contributed by atoms with Crippen LogP contribution in [0.4, 0.5) is 4.79 Å². The smallest absolute Gasteiger partial charge is 0.325 e. The fraction of sp³-hybridized carbons (Fsp3) is 0.727. The summed E-state index contributed by atoms with van der Waals surface area (Å²) in [6.45, 7) is 2.32. The largest absolute Gasteiger partial charge is 0.378 e. The second-order valence-corrected chi connectivity index (χ2v) is 5.67. The summed E-state index contributed by atoms with van der Waals surface area (Å²) in [5.41, 5.74) is 5.13. The second-order valence-electron chi connectivity index (χ2n) is 4.78. The van der Waals surface area contributed by atoms with Gasteiger partial charge < -0.3 is 20.7 Å². The number of hydrogen-bond acceptors (Lipinski definition) is 6. The highest BCUT2D eigenvalue weighted by Gasteiger charge is 2.35. The predicted molar refractivity (Wildman–Crippen MR) is 74.0 cm³/mol. The minimum atomic E-state index is -2.61. The standard InChI is InChI=1S/C11H18N4O5S/c12-9(16)7-8-10(21(18)19)15(2-1-13-8)11(17)14-3-5-20-6-4-14/h8,13H,1-7H2,(H2,12,16)/t8-/m1/s1. The van der Waals surface area contributed by atoms with Gasteiger partial charge in [-0.25, -0.2) is 4.79 Å². The summed E-state index contributed by atoms with van der Waals surface area (Å²) in [5, 5.41) is 2.90. The average Bonchev–Trinajstić information content (AvgIpc) is 2.46. The Morgan fingerprint density at radius 3 is 2.52 bits per heavy atom. The third-order valence-electron chi connectivity index (χ3n) is 3.38. The molecule has 2 saturated heterocycles. The van der Waals surface area contributed by atoms with Gasteiger partial charge in [0.05, 0.1) is 19.3 Å². The van der Waals surface area contributed by atoms with Crippen LogP contribution in [0.25, 0.3) is 0 Å². The molecule has 2 aliphatic heterocycles. The van der Waals surface area contributed by atoms with Crippen molar-refractivity contribution in [2.24, 2.45) is 5.73 Å². The molecule has 0 aliphatic carbocycles. The van der Waals surface area contributed by atoms with Crippen molar-refractivity contribution in [1.29, 1.82) is 0 Å². The fourth-order valence-corrected chi connectivity index (χ4v) is 3.17. The van der Waals surface area contributed by atoms with Crippen LogP contribution in [0.3, 0.4) is 0 Å². The molecule has 0 aromatic carbocycles. The van der Waals surface area contributed by atoms with Gasteiger partial charge >= 0.3 is 6.03 Å². The number of piperazine rings is 1. The molecule has 0 spiro atoms. The fourth-order valence-electron chi connectivity index (χ4n) is 2.42. The van der Waals surface area contributed by atoms with Crippen molar-refractivity contribution in [3.05, 3.63) is 0 Å². The molecule has 1 atom stereocenters. The molecule has 0 bridgehead atoms. The van der Waals surface area contributed by atoms with Gasteiger partial charge in [0.2, 0.25) is 16.2 Å². The number of hydrogen-bond donors (Lipinski definition) is 2. The van der Waals surface area contributed by atoms with E-state index in [4.69, 9.17) is 10.5 Å². The summed E-state index contributed by atoms with van der Waals surface area (Å²) >= 11 is 0. The molecule has 2 aliphatic rings. The Bertz CT molecular complexity index is 547. The topological polar surface area (TPSA) is 122 Å². The van der Waals surface area contributed by atoms with E-state index in [0.29, 0.717) is 32.8 Å². The Labute approximate surface area is 123 Å². The molecule has 2 fully saturated rings. The predicted octanol–water partition coefficient (Wildman–Crippen LogP) is -2.40. The van der Waals surface area contributed by atoms with Crippen LogP contribution in [-0.2, 0) is 19.8 Å². The quantitative estimate of drug-likeness (QED) is 0.547. The maximum absolute atomic E-state index is 12.5. The molecule has 2 rings (SSSR count). The minimum Gasteiger partial charge on any atom is -0.378 e. The van der Waals surface area contributed by atoms with E-state index in [9.17, 15) is 18.0 Å². The molecular weight excluding hydrogens is 300 g/mol. The highest BCUT2D eigenvalue weighted by molar-refractivity contribution is 7.73. The number of urea groups is 1. The number of rotatable bonds is 2. The van der Waals surface area contributed by atoms with E-state index in [1.807, 2.05) is 0 Å². The zero-order chi connectivity index (χ0) is 15.4. The number of nitrogens with one attached hydrogen (secondary N) is 1. The van der Waals surface area contributed by atoms with Crippen molar-refractivity contribution in [3.8, 4) is 0 Å². The van der Waals surface area contributed by atoms with Crippen LogP contribution in [0.2, 0.25) is 0 Å². The number of nitrogens with zero attached hydrogens (tertiary/aromatic N) is 2. The van der Waals surface area contributed by atoms with Crippen molar-refractivity contribution in [2.75, 3.05) is 39.4 Å². The number of morpholine rings is 1.